The second-order valence-electron chi connectivity index (χ2n) is 6.06. The fraction of sp³-hybridized carbons (Fsp3) is 0.786. The molecule has 1 heterocycles. The number of hydrogen-bond acceptors (Lipinski definition) is 2. The molecule has 0 amide bonds. The summed E-state index contributed by atoms with van der Waals surface area (Å²) >= 11 is 6.28. The van der Waals surface area contributed by atoms with Crippen molar-refractivity contribution in [3.8, 4) is 0 Å². The van der Waals surface area contributed by atoms with E-state index in [9.17, 15) is 13.2 Å². The molecule has 0 saturated heterocycles. The molecule has 1 aromatic heterocycles. The van der Waals surface area contributed by atoms with Gasteiger partial charge in [0.2, 0.25) is 0 Å². The van der Waals surface area contributed by atoms with Crippen LogP contribution in [-0.4, -0.2) is 21.5 Å². The van der Waals surface area contributed by atoms with Crippen molar-refractivity contribution in [1.29, 1.82) is 0 Å². The second-order valence-corrected chi connectivity index (χ2v) is 6.44. The minimum atomic E-state index is -4.17. The zero-order valence-corrected chi connectivity index (χ0v) is 13.1. The average molecular weight is 324 g/mol. The monoisotopic (exact) mass is 323 g/mol. The van der Waals surface area contributed by atoms with E-state index in [0.717, 1.165) is 11.4 Å². The summed E-state index contributed by atoms with van der Waals surface area (Å²) in [5.74, 6) is -1.31. The van der Waals surface area contributed by atoms with E-state index in [0.29, 0.717) is 30.7 Å². The van der Waals surface area contributed by atoms with Crippen LogP contribution >= 0.6 is 11.6 Å². The molecule has 0 radical (unpaired) electrons. The molecule has 2 rings (SSSR count). The van der Waals surface area contributed by atoms with Crippen molar-refractivity contribution in [1.82, 2.24) is 9.78 Å². The molecule has 3 nitrogen and oxygen atoms in total. The third-order valence-electron chi connectivity index (χ3n) is 4.37. The Morgan fingerprint density at radius 1 is 1.48 bits per heavy atom. The molecule has 2 N–H and O–H groups in total. The smallest absolute Gasteiger partial charge is 0.325 e. The molecular formula is C14H21ClF3N3. The van der Waals surface area contributed by atoms with Gasteiger partial charge in [-0.3, -0.25) is 4.68 Å². The summed E-state index contributed by atoms with van der Waals surface area (Å²) in [6, 6.07) is 0. The van der Waals surface area contributed by atoms with Gasteiger partial charge in [0, 0.05) is 19.0 Å². The normalized spacial score (nSPS) is 27.1. The third kappa shape index (κ3) is 3.54. The van der Waals surface area contributed by atoms with Crippen LogP contribution in [0.3, 0.4) is 0 Å². The van der Waals surface area contributed by atoms with Crippen molar-refractivity contribution in [2.75, 3.05) is 0 Å². The zero-order chi connectivity index (χ0) is 15.8. The Hall–Kier alpha value is -0.750. The summed E-state index contributed by atoms with van der Waals surface area (Å²) in [4.78, 5) is 0. The van der Waals surface area contributed by atoms with Crippen LogP contribution < -0.4 is 5.73 Å². The highest BCUT2D eigenvalue weighted by atomic mass is 35.5. The number of aryl methyl sites for hydroxylation is 2. The summed E-state index contributed by atoms with van der Waals surface area (Å²) in [6.07, 6.45) is -1.94. The highest BCUT2D eigenvalue weighted by Gasteiger charge is 2.46. The standard InChI is InChI=1S/C14H21ClF3N3/c1-3-10-12(15)11(21(2)20-10)8-13(19)6-4-5-9(7-13)14(16,17)18/h9H,3-8,19H2,1-2H3. The number of aromatic nitrogens is 2. The van der Waals surface area contributed by atoms with Crippen LogP contribution in [0.5, 0.6) is 0 Å². The van der Waals surface area contributed by atoms with Gasteiger partial charge in [0.25, 0.3) is 0 Å². The van der Waals surface area contributed by atoms with Crippen LogP contribution in [0, 0.1) is 5.92 Å². The van der Waals surface area contributed by atoms with Crippen LogP contribution in [0.4, 0.5) is 13.2 Å². The summed E-state index contributed by atoms with van der Waals surface area (Å²) in [5.41, 5.74) is 6.91. The van der Waals surface area contributed by atoms with Crippen LogP contribution in [0.15, 0.2) is 0 Å². The first kappa shape index (κ1) is 16.6. The maximum absolute atomic E-state index is 12.9. The molecule has 0 bridgehead atoms. The van der Waals surface area contributed by atoms with Gasteiger partial charge in [-0.05, 0) is 25.7 Å². The zero-order valence-electron chi connectivity index (χ0n) is 12.3. The second kappa shape index (κ2) is 5.80. The van der Waals surface area contributed by atoms with E-state index in [1.165, 1.54) is 0 Å². The summed E-state index contributed by atoms with van der Waals surface area (Å²) < 4.78 is 40.5. The Balaban J connectivity index is 2.20. The number of nitrogens with two attached hydrogens (primary N) is 1. The topological polar surface area (TPSA) is 43.8 Å². The minimum Gasteiger partial charge on any atom is -0.325 e. The first-order valence-electron chi connectivity index (χ1n) is 7.22. The Morgan fingerprint density at radius 2 is 2.14 bits per heavy atom. The molecule has 2 atom stereocenters. The molecule has 120 valence electrons. The van der Waals surface area contributed by atoms with Crippen LogP contribution in [-0.2, 0) is 19.9 Å². The first-order chi connectivity index (χ1) is 9.66. The summed E-state index contributed by atoms with van der Waals surface area (Å²) in [5, 5.41) is 4.84. The largest absolute Gasteiger partial charge is 0.391 e. The number of halogens is 4. The van der Waals surface area contributed by atoms with Gasteiger partial charge in [0.05, 0.1) is 22.3 Å². The van der Waals surface area contributed by atoms with Gasteiger partial charge < -0.3 is 5.73 Å². The highest BCUT2D eigenvalue weighted by molar-refractivity contribution is 6.31. The average Bonchev–Trinajstić information content (AvgIpc) is 2.65. The summed E-state index contributed by atoms with van der Waals surface area (Å²) in [6.45, 7) is 1.94. The van der Waals surface area contributed by atoms with E-state index in [-0.39, 0.29) is 12.8 Å². The van der Waals surface area contributed by atoms with Crippen molar-refractivity contribution in [3.63, 3.8) is 0 Å². The Bertz CT molecular complexity index is 512. The number of hydrogen-bond donors (Lipinski definition) is 1. The molecular weight excluding hydrogens is 303 g/mol. The minimum absolute atomic E-state index is 0.0422. The van der Waals surface area contributed by atoms with Crippen molar-refractivity contribution in [3.05, 3.63) is 16.4 Å². The third-order valence-corrected chi connectivity index (χ3v) is 4.80. The molecule has 0 aliphatic heterocycles. The van der Waals surface area contributed by atoms with Gasteiger partial charge in [-0.2, -0.15) is 18.3 Å². The predicted octanol–water partition coefficient (Wildman–Crippen LogP) is 3.63. The van der Waals surface area contributed by atoms with E-state index < -0.39 is 17.6 Å². The maximum Gasteiger partial charge on any atom is 0.391 e. The van der Waals surface area contributed by atoms with E-state index in [1.807, 2.05) is 6.92 Å². The first-order valence-corrected chi connectivity index (χ1v) is 7.60. The number of rotatable bonds is 3. The molecule has 2 unspecified atom stereocenters. The van der Waals surface area contributed by atoms with Gasteiger partial charge in [-0.25, -0.2) is 0 Å². The van der Waals surface area contributed by atoms with Gasteiger partial charge in [-0.1, -0.05) is 24.9 Å². The lowest BCUT2D eigenvalue weighted by molar-refractivity contribution is -0.187. The predicted molar refractivity (Wildman–Crippen MR) is 76.2 cm³/mol. The Morgan fingerprint density at radius 3 is 2.67 bits per heavy atom. The summed E-state index contributed by atoms with van der Waals surface area (Å²) in [7, 11) is 1.76. The number of alkyl halides is 3. The molecule has 1 saturated carbocycles. The van der Waals surface area contributed by atoms with Crippen LogP contribution in [0.25, 0.3) is 0 Å². The number of nitrogens with zero attached hydrogens (tertiary/aromatic N) is 2. The molecule has 1 fully saturated rings. The lowest BCUT2D eigenvalue weighted by Crippen LogP contribution is -2.49. The quantitative estimate of drug-likeness (QED) is 0.923. The lowest BCUT2D eigenvalue weighted by Gasteiger charge is -2.38. The molecule has 0 spiro atoms. The van der Waals surface area contributed by atoms with Crippen molar-refractivity contribution >= 4 is 11.6 Å². The molecule has 21 heavy (non-hydrogen) atoms. The highest BCUT2D eigenvalue weighted by Crippen LogP contribution is 2.42. The van der Waals surface area contributed by atoms with Crippen molar-refractivity contribution < 1.29 is 13.2 Å². The molecule has 0 aromatic carbocycles. The van der Waals surface area contributed by atoms with Crippen molar-refractivity contribution in [2.45, 2.75) is 57.2 Å². The van der Waals surface area contributed by atoms with Crippen LogP contribution in [0.1, 0.15) is 44.0 Å². The van der Waals surface area contributed by atoms with Gasteiger partial charge in [0.1, 0.15) is 0 Å². The Labute approximate surface area is 127 Å². The van der Waals surface area contributed by atoms with Crippen molar-refractivity contribution in [2.24, 2.45) is 18.7 Å². The van der Waals surface area contributed by atoms with Gasteiger partial charge in [-0.15, -0.1) is 0 Å². The lowest BCUT2D eigenvalue weighted by atomic mass is 9.73. The Kier molecular flexibility index (Phi) is 4.59. The van der Waals surface area contributed by atoms with Gasteiger partial charge in [0.15, 0.2) is 0 Å². The van der Waals surface area contributed by atoms with Crippen LogP contribution in [0.2, 0.25) is 5.02 Å². The maximum atomic E-state index is 12.9. The van der Waals surface area contributed by atoms with E-state index in [1.54, 1.807) is 11.7 Å². The molecule has 7 heteroatoms. The van der Waals surface area contributed by atoms with E-state index >= 15 is 0 Å². The van der Waals surface area contributed by atoms with E-state index in [4.69, 9.17) is 17.3 Å². The fourth-order valence-electron chi connectivity index (χ4n) is 3.18. The fourth-order valence-corrected chi connectivity index (χ4v) is 3.54. The molecule has 1 aliphatic carbocycles. The molecule has 1 aromatic rings. The molecule has 1 aliphatic rings. The van der Waals surface area contributed by atoms with E-state index in [2.05, 4.69) is 5.10 Å². The SMILES string of the molecule is CCc1nn(C)c(CC2(N)CCCC(C(F)(F)F)C2)c1Cl. The van der Waals surface area contributed by atoms with Gasteiger partial charge >= 0.3 is 6.18 Å².